The third-order valence-corrected chi connectivity index (χ3v) is 4.38. The lowest BCUT2D eigenvalue weighted by atomic mass is 9.75. The first-order valence-electron chi connectivity index (χ1n) is 7.54. The van der Waals surface area contributed by atoms with Crippen LogP contribution in [-0.4, -0.2) is 53.7 Å². The van der Waals surface area contributed by atoms with Crippen molar-refractivity contribution in [3.8, 4) is 0 Å². The Balaban J connectivity index is 2.48. The summed E-state index contributed by atoms with van der Waals surface area (Å²) in [6.07, 6.45) is 0.744. The van der Waals surface area contributed by atoms with E-state index in [1.54, 1.807) is 12.2 Å². The fourth-order valence-corrected chi connectivity index (χ4v) is 3.63. The van der Waals surface area contributed by atoms with Crippen LogP contribution in [0.1, 0.15) is 47.5 Å². The number of hydrogen-bond donors (Lipinski definition) is 0. The maximum absolute atomic E-state index is 11.7. The number of carbonyl (C=O) groups excluding carboxylic acids is 2. The lowest BCUT2D eigenvalue weighted by molar-refractivity contribution is -0.382. The van der Waals surface area contributed by atoms with Gasteiger partial charge in [-0.2, -0.15) is 5.06 Å². The van der Waals surface area contributed by atoms with Gasteiger partial charge in [0.25, 0.3) is 0 Å². The molecule has 2 heterocycles. The molecule has 126 valence electrons. The number of esters is 2. The number of carbonyl (C=O) groups is 2. The lowest BCUT2D eigenvalue weighted by Gasteiger charge is -2.58. The first-order chi connectivity index (χ1) is 10.1. The normalized spacial score (nSPS) is 29.5. The minimum atomic E-state index is -1.51. The van der Waals surface area contributed by atoms with E-state index in [4.69, 9.17) is 19.0 Å². The smallest absolute Gasteiger partial charge is 0.409 e. The van der Waals surface area contributed by atoms with Crippen LogP contribution in [0.2, 0.25) is 0 Å². The van der Waals surface area contributed by atoms with Crippen LogP contribution in [0.3, 0.4) is 0 Å². The van der Waals surface area contributed by atoms with E-state index in [-0.39, 0.29) is 5.54 Å². The standard InChI is InChI=1S/C15H25NO6/c1-7-8-20-10-9-13(2,3)16(19-6)14(4,5)15(10)21-11(17)12(18)22-15/h10H,7-9H2,1-6H3. The number of hydroxylamine groups is 2. The van der Waals surface area contributed by atoms with Crippen molar-refractivity contribution in [2.45, 2.75) is 70.4 Å². The molecule has 0 bridgehead atoms. The molecule has 2 rings (SSSR count). The summed E-state index contributed by atoms with van der Waals surface area (Å²) in [5.74, 6) is -3.50. The van der Waals surface area contributed by atoms with Crippen LogP contribution in [-0.2, 0) is 28.6 Å². The summed E-state index contributed by atoms with van der Waals surface area (Å²) in [7, 11) is 1.54. The Labute approximate surface area is 130 Å². The number of ether oxygens (including phenoxy) is 3. The third-order valence-electron chi connectivity index (χ3n) is 4.38. The molecule has 2 aliphatic heterocycles. The number of rotatable bonds is 4. The van der Waals surface area contributed by atoms with E-state index >= 15 is 0 Å². The molecule has 7 nitrogen and oxygen atoms in total. The largest absolute Gasteiger partial charge is 0.421 e. The van der Waals surface area contributed by atoms with Crippen LogP contribution >= 0.6 is 0 Å². The van der Waals surface area contributed by atoms with Crippen LogP contribution in [0, 0.1) is 0 Å². The molecule has 0 aromatic carbocycles. The van der Waals surface area contributed by atoms with Crippen molar-refractivity contribution in [2.75, 3.05) is 13.7 Å². The molecule has 0 N–H and O–H groups in total. The van der Waals surface area contributed by atoms with E-state index in [1.165, 1.54) is 0 Å². The molecule has 0 saturated carbocycles. The van der Waals surface area contributed by atoms with Gasteiger partial charge in [-0.25, -0.2) is 9.59 Å². The molecule has 0 aromatic rings. The molecular weight excluding hydrogens is 290 g/mol. The zero-order valence-corrected chi connectivity index (χ0v) is 14.1. The Hall–Kier alpha value is -1.18. The molecule has 1 unspecified atom stereocenters. The van der Waals surface area contributed by atoms with Gasteiger partial charge in [-0.05, 0) is 34.1 Å². The highest BCUT2D eigenvalue weighted by atomic mass is 16.8. The van der Waals surface area contributed by atoms with Gasteiger partial charge in [0, 0.05) is 18.6 Å². The highest BCUT2D eigenvalue weighted by molar-refractivity contribution is 6.31. The monoisotopic (exact) mass is 315 g/mol. The number of hydrogen-bond acceptors (Lipinski definition) is 7. The second-order valence-electron chi connectivity index (χ2n) is 6.86. The fourth-order valence-electron chi connectivity index (χ4n) is 3.63. The summed E-state index contributed by atoms with van der Waals surface area (Å²) < 4.78 is 16.7. The van der Waals surface area contributed by atoms with Crippen molar-refractivity contribution >= 4 is 11.9 Å². The molecule has 0 aliphatic carbocycles. The van der Waals surface area contributed by atoms with Gasteiger partial charge in [-0.15, -0.1) is 0 Å². The Morgan fingerprint density at radius 2 is 1.73 bits per heavy atom. The summed E-state index contributed by atoms with van der Waals surface area (Å²) in [5.41, 5.74) is -1.30. The van der Waals surface area contributed by atoms with Crippen molar-refractivity contribution < 1.29 is 28.6 Å². The van der Waals surface area contributed by atoms with Crippen LogP contribution in [0.25, 0.3) is 0 Å². The molecular formula is C15H25NO6. The Bertz CT molecular complexity index is 457. The minimum absolute atomic E-state index is 0.386. The Morgan fingerprint density at radius 1 is 1.18 bits per heavy atom. The molecule has 1 atom stereocenters. The SMILES string of the molecule is CCCOC1CC(C)(C)N(OC)C(C)(C)C12OC(=O)C(=O)O2. The molecule has 2 fully saturated rings. The van der Waals surface area contributed by atoms with E-state index in [1.807, 2.05) is 34.6 Å². The van der Waals surface area contributed by atoms with E-state index < -0.39 is 29.4 Å². The average Bonchev–Trinajstić information content (AvgIpc) is 2.71. The second-order valence-corrected chi connectivity index (χ2v) is 6.86. The molecule has 2 aliphatic rings. The number of nitrogens with zero attached hydrogens (tertiary/aromatic N) is 1. The summed E-state index contributed by atoms with van der Waals surface area (Å²) in [6, 6.07) is 0. The first-order valence-corrected chi connectivity index (χ1v) is 7.54. The van der Waals surface area contributed by atoms with Crippen molar-refractivity contribution in [2.24, 2.45) is 0 Å². The summed E-state index contributed by atoms with van der Waals surface area (Å²) in [5, 5.41) is 1.71. The van der Waals surface area contributed by atoms with Gasteiger partial charge < -0.3 is 19.0 Å². The van der Waals surface area contributed by atoms with Gasteiger partial charge in [0.2, 0.25) is 0 Å². The predicted molar refractivity (Wildman–Crippen MR) is 76.6 cm³/mol. The van der Waals surface area contributed by atoms with Crippen LogP contribution in [0.5, 0.6) is 0 Å². The van der Waals surface area contributed by atoms with Crippen LogP contribution in [0.15, 0.2) is 0 Å². The fraction of sp³-hybridized carbons (Fsp3) is 0.867. The second kappa shape index (κ2) is 5.47. The average molecular weight is 315 g/mol. The van der Waals surface area contributed by atoms with E-state index in [9.17, 15) is 9.59 Å². The molecule has 22 heavy (non-hydrogen) atoms. The van der Waals surface area contributed by atoms with Gasteiger partial charge in [0.15, 0.2) is 0 Å². The van der Waals surface area contributed by atoms with E-state index in [2.05, 4.69) is 0 Å². The summed E-state index contributed by atoms with van der Waals surface area (Å²) in [6.45, 7) is 10.1. The van der Waals surface area contributed by atoms with E-state index in [0.717, 1.165) is 6.42 Å². The van der Waals surface area contributed by atoms with Crippen LogP contribution < -0.4 is 0 Å². The maximum atomic E-state index is 11.7. The predicted octanol–water partition coefficient (Wildman–Crippen LogP) is 1.40. The molecule has 0 radical (unpaired) electrons. The zero-order valence-electron chi connectivity index (χ0n) is 14.1. The quantitative estimate of drug-likeness (QED) is 0.573. The van der Waals surface area contributed by atoms with Crippen LogP contribution in [0.4, 0.5) is 0 Å². The van der Waals surface area contributed by atoms with Gasteiger partial charge in [-0.3, -0.25) is 0 Å². The van der Waals surface area contributed by atoms with Crippen molar-refractivity contribution in [3.63, 3.8) is 0 Å². The number of piperidine rings is 1. The van der Waals surface area contributed by atoms with Crippen molar-refractivity contribution in [3.05, 3.63) is 0 Å². The van der Waals surface area contributed by atoms with Crippen molar-refractivity contribution in [1.29, 1.82) is 0 Å². The lowest BCUT2D eigenvalue weighted by Crippen LogP contribution is -2.76. The van der Waals surface area contributed by atoms with Gasteiger partial charge in [-0.1, -0.05) is 6.92 Å². The highest BCUT2D eigenvalue weighted by Gasteiger charge is 2.71. The Kier molecular flexibility index (Phi) is 4.27. The summed E-state index contributed by atoms with van der Waals surface area (Å²) >= 11 is 0. The van der Waals surface area contributed by atoms with Crippen molar-refractivity contribution in [1.82, 2.24) is 5.06 Å². The van der Waals surface area contributed by atoms with Gasteiger partial charge >= 0.3 is 17.7 Å². The van der Waals surface area contributed by atoms with E-state index in [0.29, 0.717) is 13.0 Å². The highest BCUT2D eigenvalue weighted by Crippen LogP contribution is 2.50. The first kappa shape index (κ1) is 17.2. The molecule has 7 heteroatoms. The Morgan fingerprint density at radius 3 is 2.18 bits per heavy atom. The zero-order chi connectivity index (χ0) is 16.8. The third kappa shape index (κ3) is 2.31. The topological polar surface area (TPSA) is 74.3 Å². The molecule has 0 amide bonds. The van der Waals surface area contributed by atoms with Gasteiger partial charge in [0.1, 0.15) is 11.6 Å². The minimum Gasteiger partial charge on any atom is -0.409 e. The molecule has 2 saturated heterocycles. The van der Waals surface area contributed by atoms with Gasteiger partial charge in [0.05, 0.1) is 7.11 Å². The molecule has 0 aromatic heterocycles. The molecule has 1 spiro atoms. The summed E-state index contributed by atoms with van der Waals surface area (Å²) in [4.78, 5) is 28.9. The maximum Gasteiger partial charge on any atom is 0.421 e.